The van der Waals surface area contributed by atoms with Crippen molar-refractivity contribution in [3.8, 4) is 0 Å². The van der Waals surface area contributed by atoms with Crippen LogP contribution >= 0.6 is 11.6 Å². The monoisotopic (exact) mass is 421 g/mol. The van der Waals surface area contributed by atoms with Crippen molar-refractivity contribution in [3.05, 3.63) is 53.2 Å². The number of carbonyl (C=O) groups excluding carboxylic acids is 1. The molecule has 1 aromatic heterocycles. The normalized spacial score (nSPS) is 15.8. The third kappa shape index (κ3) is 5.53. The number of nitrogens with one attached hydrogen (secondary N) is 1. The van der Waals surface area contributed by atoms with Gasteiger partial charge in [0.15, 0.2) is 0 Å². The molecule has 0 unspecified atom stereocenters. The van der Waals surface area contributed by atoms with Crippen molar-refractivity contribution < 1.29 is 13.2 Å². The number of aryl methyl sites for hydroxylation is 1. The second-order valence-electron chi connectivity index (χ2n) is 6.87. The van der Waals surface area contributed by atoms with Gasteiger partial charge in [-0.15, -0.1) is 0 Å². The quantitative estimate of drug-likeness (QED) is 0.767. The van der Waals surface area contributed by atoms with Crippen LogP contribution < -0.4 is 5.32 Å². The van der Waals surface area contributed by atoms with Gasteiger partial charge in [0.05, 0.1) is 9.92 Å². The summed E-state index contributed by atoms with van der Waals surface area (Å²) in [7, 11) is -3.44. The Hall–Kier alpha value is -1.96. The van der Waals surface area contributed by atoms with Crippen LogP contribution in [-0.2, 0) is 21.2 Å². The number of aromatic nitrogens is 1. The van der Waals surface area contributed by atoms with Crippen LogP contribution in [0.2, 0.25) is 5.02 Å². The first kappa shape index (κ1) is 20.8. The number of anilines is 1. The van der Waals surface area contributed by atoms with Crippen LogP contribution in [0.3, 0.4) is 0 Å². The average Bonchev–Trinajstić information content (AvgIpc) is 2.99. The number of carbonyl (C=O) groups is 1. The molecule has 1 saturated heterocycles. The molecule has 0 atom stereocenters. The van der Waals surface area contributed by atoms with E-state index in [-0.39, 0.29) is 12.3 Å². The molecule has 8 heteroatoms. The van der Waals surface area contributed by atoms with Gasteiger partial charge in [-0.2, -0.15) is 4.31 Å². The number of hydrogen-bond donors (Lipinski definition) is 1. The molecule has 6 nitrogen and oxygen atoms in total. The van der Waals surface area contributed by atoms with E-state index in [4.69, 9.17) is 11.6 Å². The first-order chi connectivity index (χ1) is 13.4. The van der Waals surface area contributed by atoms with Crippen LogP contribution in [0.1, 0.15) is 37.7 Å². The molecule has 1 aliphatic rings. The van der Waals surface area contributed by atoms with E-state index in [9.17, 15) is 13.2 Å². The Balaban J connectivity index is 1.56. The number of sulfonamides is 1. The summed E-state index contributed by atoms with van der Waals surface area (Å²) in [6.45, 7) is 1.17. The molecule has 150 valence electrons. The summed E-state index contributed by atoms with van der Waals surface area (Å²) in [6.07, 6.45) is 6.26. The van der Waals surface area contributed by atoms with E-state index >= 15 is 0 Å². The van der Waals surface area contributed by atoms with Crippen molar-refractivity contribution in [1.82, 2.24) is 9.29 Å². The van der Waals surface area contributed by atoms with Crippen LogP contribution in [0.25, 0.3) is 0 Å². The lowest BCUT2D eigenvalue weighted by atomic mass is 10.1. The molecule has 1 aromatic carbocycles. The predicted molar refractivity (Wildman–Crippen MR) is 110 cm³/mol. The van der Waals surface area contributed by atoms with Crippen LogP contribution in [0.4, 0.5) is 5.82 Å². The first-order valence-electron chi connectivity index (χ1n) is 9.46. The zero-order valence-electron chi connectivity index (χ0n) is 15.6. The highest BCUT2D eigenvalue weighted by atomic mass is 35.5. The summed E-state index contributed by atoms with van der Waals surface area (Å²) >= 11 is 5.77. The standard InChI is InChI=1S/C20H24ClN3O3S/c21-17-8-11-19(22-15-17)23-20(25)12-7-16-5-9-18(10-6-16)28(26,27)24-13-3-1-2-4-14-24/h5-6,8-11,15H,1-4,7,12-14H2,(H,22,23,25). The topological polar surface area (TPSA) is 79.4 Å². The minimum atomic E-state index is -3.44. The molecule has 0 spiro atoms. The van der Waals surface area contributed by atoms with E-state index in [0.29, 0.717) is 35.2 Å². The molecule has 0 bridgehead atoms. The van der Waals surface area contributed by atoms with E-state index in [0.717, 1.165) is 31.2 Å². The number of rotatable bonds is 6. The highest BCUT2D eigenvalue weighted by Gasteiger charge is 2.24. The summed E-state index contributed by atoms with van der Waals surface area (Å²) in [5.74, 6) is 0.296. The number of nitrogens with zero attached hydrogens (tertiary/aromatic N) is 2. The van der Waals surface area contributed by atoms with Crippen LogP contribution in [-0.4, -0.2) is 36.7 Å². The lowest BCUT2D eigenvalue weighted by Crippen LogP contribution is -2.31. The molecule has 1 N–H and O–H groups in total. The minimum absolute atomic E-state index is 0.156. The summed E-state index contributed by atoms with van der Waals surface area (Å²) in [5.41, 5.74) is 0.911. The maximum Gasteiger partial charge on any atom is 0.243 e. The first-order valence-corrected chi connectivity index (χ1v) is 11.3. The van der Waals surface area contributed by atoms with Gasteiger partial charge >= 0.3 is 0 Å². The number of benzene rings is 1. The molecule has 1 aliphatic heterocycles. The third-order valence-corrected chi connectivity index (χ3v) is 6.90. The SMILES string of the molecule is O=C(CCc1ccc(S(=O)(=O)N2CCCCCC2)cc1)Nc1ccc(Cl)cn1. The Morgan fingerprint density at radius 1 is 1.04 bits per heavy atom. The Kier molecular flexibility index (Phi) is 7.04. The van der Waals surface area contributed by atoms with E-state index in [1.165, 1.54) is 6.20 Å². The zero-order valence-corrected chi connectivity index (χ0v) is 17.2. The van der Waals surface area contributed by atoms with Gasteiger partial charge in [-0.3, -0.25) is 4.79 Å². The van der Waals surface area contributed by atoms with E-state index < -0.39 is 10.0 Å². The van der Waals surface area contributed by atoms with E-state index in [2.05, 4.69) is 10.3 Å². The lowest BCUT2D eigenvalue weighted by molar-refractivity contribution is -0.116. The number of pyridine rings is 1. The van der Waals surface area contributed by atoms with E-state index in [1.54, 1.807) is 40.7 Å². The molecule has 0 aliphatic carbocycles. The fraction of sp³-hybridized carbons (Fsp3) is 0.400. The predicted octanol–water partition coefficient (Wildman–Crippen LogP) is 3.87. The molecule has 1 fully saturated rings. The van der Waals surface area contributed by atoms with Crippen molar-refractivity contribution in [2.45, 2.75) is 43.4 Å². The molecule has 3 rings (SSSR count). The Morgan fingerprint density at radius 3 is 2.32 bits per heavy atom. The second kappa shape index (κ2) is 9.49. The Labute approximate surface area is 171 Å². The largest absolute Gasteiger partial charge is 0.311 e. The van der Waals surface area contributed by atoms with Crippen LogP contribution in [0.5, 0.6) is 0 Å². The summed E-state index contributed by atoms with van der Waals surface area (Å²) in [5, 5.41) is 3.22. The zero-order chi connectivity index (χ0) is 20.0. The lowest BCUT2D eigenvalue weighted by Gasteiger charge is -2.20. The summed E-state index contributed by atoms with van der Waals surface area (Å²) in [6, 6.07) is 10.1. The molecule has 0 radical (unpaired) electrons. The maximum atomic E-state index is 12.8. The summed E-state index contributed by atoms with van der Waals surface area (Å²) < 4.78 is 27.2. The van der Waals surface area contributed by atoms with Gasteiger partial charge < -0.3 is 5.32 Å². The molecule has 2 heterocycles. The van der Waals surface area contributed by atoms with Crippen LogP contribution in [0.15, 0.2) is 47.5 Å². The molecule has 28 heavy (non-hydrogen) atoms. The molecular weight excluding hydrogens is 398 g/mol. The third-order valence-electron chi connectivity index (χ3n) is 4.76. The Bertz CT molecular complexity index is 891. The van der Waals surface area contributed by atoms with Gasteiger partial charge in [-0.05, 0) is 49.1 Å². The van der Waals surface area contributed by atoms with Crippen molar-refractivity contribution in [2.75, 3.05) is 18.4 Å². The van der Waals surface area contributed by atoms with Gasteiger partial charge in [0.1, 0.15) is 5.82 Å². The highest BCUT2D eigenvalue weighted by Crippen LogP contribution is 2.21. The fourth-order valence-corrected chi connectivity index (χ4v) is 4.80. The van der Waals surface area contributed by atoms with Gasteiger partial charge in [0, 0.05) is 25.7 Å². The number of halogens is 1. The molecular formula is C20H24ClN3O3S. The second-order valence-corrected chi connectivity index (χ2v) is 9.25. The Morgan fingerprint density at radius 2 is 1.71 bits per heavy atom. The molecule has 0 saturated carbocycles. The van der Waals surface area contributed by atoms with Crippen molar-refractivity contribution in [1.29, 1.82) is 0 Å². The smallest absolute Gasteiger partial charge is 0.243 e. The van der Waals surface area contributed by atoms with Crippen molar-refractivity contribution in [2.24, 2.45) is 0 Å². The van der Waals surface area contributed by atoms with Crippen molar-refractivity contribution >= 4 is 33.3 Å². The maximum absolute atomic E-state index is 12.8. The molecule has 1 amide bonds. The highest BCUT2D eigenvalue weighted by molar-refractivity contribution is 7.89. The van der Waals surface area contributed by atoms with Gasteiger partial charge in [-0.25, -0.2) is 13.4 Å². The minimum Gasteiger partial charge on any atom is -0.311 e. The number of amides is 1. The van der Waals surface area contributed by atoms with Gasteiger partial charge in [-0.1, -0.05) is 36.6 Å². The average molecular weight is 422 g/mol. The summed E-state index contributed by atoms with van der Waals surface area (Å²) in [4.78, 5) is 16.4. The van der Waals surface area contributed by atoms with Crippen LogP contribution in [0, 0.1) is 0 Å². The number of hydrogen-bond acceptors (Lipinski definition) is 4. The van der Waals surface area contributed by atoms with Gasteiger partial charge in [0.25, 0.3) is 0 Å². The van der Waals surface area contributed by atoms with E-state index in [1.807, 2.05) is 0 Å². The van der Waals surface area contributed by atoms with Gasteiger partial charge in [0.2, 0.25) is 15.9 Å². The fourth-order valence-electron chi connectivity index (χ4n) is 3.17. The van der Waals surface area contributed by atoms with Crippen molar-refractivity contribution in [3.63, 3.8) is 0 Å². The molecule has 2 aromatic rings.